The number of unbranched alkanes of at least 4 members (excludes halogenated alkanes) is 4. The lowest BCUT2D eigenvalue weighted by Crippen LogP contribution is -1.94. The van der Waals surface area contributed by atoms with Crippen LogP contribution in [0.15, 0.2) is 66.7 Å². The highest BCUT2D eigenvalue weighted by Gasteiger charge is 2.07. The van der Waals surface area contributed by atoms with Crippen molar-refractivity contribution in [3.05, 3.63) is 94.8 Å². The molecule has 3 aromatic carbocycles. The van der Waals surface area contributed by atoms with E-state index in [1.54, 1.807) is 6.07 Å². The van der Waals surface area contributed by atoms with Gasteiger partial charge < -0.3 is 0 Å². The summed E-state index contributed by atoms with van der Waals surface area (Å²) in [7, 11) is 0. The Balaban J connectivity index is 1.55. The Hall–Kier alpha value is -2.41. The Labute approximate surface area is 188 Å². The number of aryl methyl sites for hydroxylation is 4. The van der Waals surface area contributed by atoms with Gasteiger partial charge in [0, 0.05) is 5.56 Å². The summed E-state index contributed by atoms with van der Waals surface area (Å²) in [6.45, 7) is 4.45. The van der Waals surface area contributed by atoms with Crippen LogP contribution in [0.2, 0.25) is 0 Å². The normalized spacial score (nSPS) is 11.1. The van der Waals surface area contributed by atoms with Crippen LogP contribution < -0.4 is 0 Å². The van der Waals surface area contributed by atoms with Gasteiger partial charge in [-0.3, -0.25) is 0 Å². The molecular formula is C30H37F. The van der Waals surface area contributed by atoms with Gasteiger partial charge in [0.05, 0.1) is 0 Å². The average Bonchev–Trinajstić information content (AvgIpc) is 2.79. The maximum atomic E-state index is 14.8. The Morgan fingerprint density at radius 1 is 0.516 bits per heavy atom. The van der Waals surface area contributed by atoms with Crippen molar-refractivity contribution in [1.29, 1.82) is 0 Å². The first kappa shape index (κ1) is 23.3. The molecule has 0 nitrogen and oxygen atoms in total. The molecule has 0 saturated carbocycles. The van der Waals surface area contributed by atoms with Crippen molar-refractivity contribution < 1.29 is 4.39 Å². The van der Waals surface area contributed by atoms with Gasteiger partial charge in [0.25, 0.3) is 0 Å². The van der Waals surface area contributed by atoms with Crippen molar-refractivity contribution in [2.45, 2.75) is 78.1 Å². The average molecular weight is 417 g/mol. The second-order valence-corrected chi connectivity index (χ2v) is 8.74. The maximum Gasteiger partial charge on any atom is 0.131 e. The number of halogens is 1. The predicted molar refractivity (Wildman–Crippen MR) is 132 cm³/mol. The van der Waals surface area contributed by atoms with Crippen LogP contribution in [-0.2, 0) is 25.7 Å². The predicted octanol–water partition coefficient (Wildman–Crippen LogP) is 8.74. The van der Waals surface area contributed by atoms with Crippen molar-refractivity contribution in [1.82, 2.24) is 0 Å². The SMILES string of the molecule is CCCCCCCc1ccc(-c2ccc(CCc3ccc(CCC)cc3)cc2F)cc1. The monoisotopic (exact) mass is 416 g/mol. The molecule has 0 heterocycles. The van der Waals surface area contributed by atoms with Gasteiger partial charge in [-0.05, 0) is 66.0 Å². The summed E-state index contributed by atoms with van der Waals surface area (Å²) in [6.07, 6.45) is 11.7. The minimum absolute atomic E-state index is 0.122. The maximum absolute atomic E-state index is 14.8. The molecule has 0 amide bonds. The zero-order valence-electron chi connectivity index (χ0n) is 19.3. The summed E-state index contributed by atoms with van der Waals surface area (Å²) >= 11 is 0. The Morgan fingerprint density at radius 3 is 1.71 bits per heavy atom. The zero-order valence-corrected chi connectivity index (χ0v) is 19.3. The van der Waals surface area contributed by atoms with E-state index in [1.807, 2.05) is 6.07 Å². The first-order chi connectivity index (χ1) is 15.2. The molecule has 3 aromatic rings. The lowest BCUT2D eigenvalue weighted by molar-refractivity contribution is 0.628. The molecule has 0 atom stereocenters. The van der Waals surface area contributed by atoms with Gasteiger partial charge in [-0.2, -0.15) is 0 Å². The molecule has 0 fully saturated rings. The third-order valence-corrected chi connectivity index (χ3v) is 6.13. The van der Waals surface area contributed by atoms with Gasteiger partial charge in [-0.25, -0.2) is 4.39 Å². The molecule has 0 aliphatic carbocycles. The van der Waals surface area contributed by atoms with Crippen molar-refractivity contribution >= 4 is 0 Å². The zero-order chi connectivity index (χ0) is 21.9. The molecule has 0 spiro atoms. The molecule has 0 radical (unpaired) electrons. The third-order valence-electron chi connectivity index (χ3n) is 6.13. The molecule has 3 rings (SSSR count). The molecule has 164 valence electrons. The number of hydrogen-bond acceptors (Lipinski definition) is 0. The van der Waals surface area contributed by atoms with Crippen LogP contribution in [-0.4, -0.2) is 0 Å². The van der Waals surface area contributed by atoms with Crippen molar-refractivity contribution in [2.75, 3.05) is 0 Å². The third kappa shape index (κ3) is 7.35. The summed E-state index contributed by atoms with van der Waals surface area (Å²) in [5.41, 5.74) is 6.77. The summed E-state index contributed by atoms with van der Waals surface area (Å²) in [4.78, 5) is 0. The Kier molecular flexibility index (Phi) is 9.34. The summed E-state index contributed by atoms with van der Waals surface area (Å²) in [6, 6.07) is 23.0. The van der Waals surface area contributed by atoms with Gasteiger partial charge >= 0.3 is 0 Å². The van der Waals surface area contributed by atoms with Crippen LogP contribution in [0.4, 0.5) is 4.39 Å². The topological polar surface area (TPSA) is 0 Å². The first-order valence-corrected chi connectivity index (χ1v) is 12.1. The van der Waals surface area contributed by atoms with Gasteiger partial charge in [0.1, 0.15) is 5.82 Å². The van der Waals surface area contributed by atoms with E-state index in [9.17, 15) is 4.39 Å². The largest absolute Gasteiger partial charge is 0.206 e. The molecule has 0 bridgehead atoms. The van der Waals surface area contributed by atoms with E-state index < -0.39 is 0 Å². The molecule has 0 aliphatic heterocycles. The molecule has 31 heavy (non-hydrogen) atoms. The lowest BCUT2D eigenvalue weighted by Gasteiger charge is -2.09. The van der Waals surface area contributed by atoms with E-state index in [4.69, 9.17) is 0 Å². The van der Waals surface area contributed by atoms with E-state index in [0.29, 0.717) is 5.56 Å². The number of benzene rings is 3. The molecule has 0 unspecified atom stereocenters. The minimum atomic E-state index is -0.122. The molecule has 0 N–H and O–H groups in total. The smallest absolute Gasteiger partial charge is 0.131 e. The van der Waals surface area contributed by atoms with Crippen molar-refractivity contribution in [3.63, 3.8) is 0 Å². The lowest BCUT2D eigenvalue weighted by atomic mass is 9.97. The Bertz CT molecular complexity index is 906. The van der Waals surface area contributed by atoms with Gasteiger partial charge in [0.15, 0.2) is 0 Å². The van der Waals surface area contributed by atoms with Gasteiger partial charge in [0.2, 0.25) is 0 Å². The quantitative estimate of drug-likeness (QED) is 0.259. The highest BCUT2D eigenvalue weighted by atomic mass is 19.1. The van der Waals surface area contributed by atoms with Crippen LogP contribution in [0.5, 0.6) is 0 Å². The van der Waals surface area contributed by atoms with Crippen LogP contribution in [0.3, 0.4) is 0 Å². The standard InChI is InChI=1S/C30H37F/c1-3-5-6-7-8-10-25-17-20-28(21-18-25)29-22-19-27(23-30(29)31)16-15-26-13-11-24(9-4-2)12-14-26/h11-14,17-23H,3-10,15-16H2,1-2H3. The first-order valence-electron chi connectivity index (χ1n) is 12.1. The van der Waals surface area contributed by atoms with E-state index in [1.165, 1.54) is 55.2 Å². The highest BCUT2D eigenvalue weighted by Crippen LogP contribution is 2.25. The fourth-order valence-electron chi connectivity index (χ4n) is 4.18. The number of rotatable bonds is 12. The fourth-order valence-corrected chi connectivity index (χ4v) is 4.18. The molecule has 0 aromatic heterocycles. The van der Waals surface area contributed by atoms with Gasteiger partial charge in [-0.15, -0.1) is 0 Å². The second kappa shape index (κ2) is 12.4. The summed E-state index contributed by atoms with van der Waals surface area (Å²) in [5.74, 6) is -0.122. The van der Waals surface area contributed by atoms with E-state index in [2.05, 4.69) is 68.4 Å². The van der Waals surface area contributed by atoms with Crippen molar-refractivity contribution in [3.8, 4) is 11.1 Å². The van der Waals surface area contributed by atoms with E-state index in [-0.39, 0.29) is 5.82 Å². The molecule has 1 heteroatoms. The molecule has 0 aliphatic rings. The van der Waals surface area contributed by atoms with E-state index >= 15 is 0 Å². The van der Waals surface area contributed by atoms with E-state index in [0.717, 1.165) is 36.8 Å². The minimum Gasteiger partial charge on any atom is -0.206 e. The number of hydrogen-bond donors (Lipinski definition) is 0. The fraction of sp³-hybridized carbons (Fsp3) is 0.400. The summed E-state index contributed by atoms with van der Waals surface area (Å²) < 4.78 is 14.8. The highest BCUT2D eigenvalue weighted by molar-refractivity contribution is 5.64. The Morgan fingerprint density at radius 2 is 1.06 bits per heavy atom. The van der Waals surface area contributed by atoms with Crippen LogP contribution >= 0.6 is 0 Å². The van der Waals surface area contributed by atoms with Crippen molar-refractivity contribution in [2.24, 2.45) is 0 Å². The van der Waals surface area contributed by atoms with Crippen LogP contribution in [0.1, 0.15) is 74.6 Å². The second-order valence-electron chi connectivity index (χ2n) is 8.74. The van der Waals surface area contributed by atoms with Crippen LogP contribution in [0, 0.1) is 5.82 Å². The van der Waals surface area contributed by atoms with Gasteiger partial charge in [-0.1, -0.05) is 107 Å². The molecular weight excluding hydrogens is 379 g/mol. The summed E-state index contributed by atoms with van der Waals surface area (Å²) in [5, 5.41) is 0. The van der Waals surface area contributed by atoms with Crippen LogP contribution in [0.25, 0.3) is 11.1 Å². The molecule has 0 saturated heterocycles.